The van der Waals surface area contributed by atoms with Crippen molar-refractivity contribution in [3.8, 4) is 11.6 Å². The van der Waals surface area contributed by atoms with Crippen molar-refractivity contribution in [3.05, 3.63) is 59.4 Å². The molecule has 0 radical (unpaired) electrons. The van der Waals surface area contributed by atoms with Crippen LogP contribution in [0.25, 0.3) is 5.82 Å². The van der Waals surface area contributed by atoms with Crippen LogP contribution >= 0.6 is 0 Å². The molecule has 3 rings (SSSR count). The van der Waals surface area contributed by atoms with E-state index in [0.29, 0.717) is 22.9 Å². The van der Waals surface area contributed by atoms with Crippen molar-refractivity contribution >= 4 is 5.82 Å². The van der Waals surface area contributed by atoms with E-state index in [4.69, 9.17) is 4.74 Å². The van der Waals surface area contributed by atoms with E-state index in [1.165, 1.54) is 12.1 Å². The van der Waals surface area contributed by atoms with Crippen LogP contribution in [0.5, 0.6) is 5.75 Å². The zero-order valence-corrected chi connectivity index (χ0v) is 14.6. The highest BCUT2D eigenvalue weighted by Gasteiger charge is 2.14. The van der Waals surface area contributed by atoms with Crippen molar-refractivity contribution in [2.24, 2.45) is 0 Å². The zero-order valence-electron chi connectivity index (χ0n) is 14.6. The third kappa shape index (κ3) is 3.60. The molecule has 1 aromatic carbocycles. The minimum Gasteiger partial charge on any atom is -0.496 e. The smallest absolute Gasteiger partial charge is 0.174 e. The fourth-order valence-corrected chi connectivity index (χ4v) is 2.73. The Balaban J connectivity index is 1.87. The maximum absolute atomic E-state index is 13.6. The first-order chi connectivity index (χ1) is 12.0. The quantitative estimate of drug-likeness (QED) is 0.768. The molecule has 1 N–H and O–H groups in total. The van der Waals surface area contributed by atoms with Crippen LogP contribution in [0.3, 0.4) is 0 Å². The minimum atomic E-state index is -0.313. The highest BCUT2D eigenvalue weighted by Crippen LogP contribution is 2.28. The third-order valence-corrected chi connectivity index (χ3v) is 3.87. The monoisotopic (exact) mass is 341 g/mol. The summed E-state index contributed by atoms with van der Waals surface area (Å²) >= 11 is 0. The number of rotatable bonds is 5. The number of aryl methyl sites for hydroxylation is 2. The molecule has 1 unspecified atom stereocenters. The average molecular weight is 341 g/mol. The van der Waals surface area contributed by atoms with Gasteiger partial charge in [-0.1, -0.05) is 0 Å². The Morgan fingerprint density at radius 3 is 2.68 bits per heavy atom. The van der Waals surface area contributed by atoms with Crippen LogP contribution in [0.15, 0.2) is 36.7 Å². The Morgan fingerprint density at radius 1 is 1.20 bits per heavy atom. The van der Waals surface area contributed by atoms with E-state index in [2.05, 4.69) is 20.4 Å². The number of nitrogens with one attached hydrogen (secondary N) is 1. The molecule has 0 bridgehead atoms. The molecule has 7 heteroatoms. The number of methoxy groups -OCH3 is 1. The fraction of sp³-hybridized carbons (Fsp3) is 0.278. The van der Waals surface area contributed by atoms with Crippen LogP contribution < -0.4 is 10.1 Å². The highest BCUT2D eigenvalue weighted by molar-refractivity contribution is 5.44. The molecule has 0 aliphatic carbocycles. The topological polar surface area (TPSA) is 64.9 Å². The van der Waals surface area contributed by atoms with Crippen LogP contribution in [0, 0.1) is 19.7 Å². The molecule has 0 aliphatic heterocycles. The average Bonchev–Trinajstić information content (AvgIpc) is 2.93. The van der Waals surface area contributed by atoms with Crippen molar-refractivity contribution in [2.45, 2.75) is 26.8 Å². The van der Waals surface area contributed by atoms with E-state index in [0.717, 1.165) is 11.4 Å². The molecular formula is C18H20FN5O. The summed E-state index contributed by atoms with van der Waals surface area (Å²) in [4.78, 5) is 8.78. The van der Waals surface area contributed by atoms with Gasteiger partial charge in [-0.2, -0.15) is 5.10 Å². The number of hydrogen-bond donors (Lipinski definition) is 1. The Labute approximate surface area is 145 Å². The molecule has 25 heavy (non-hydrogen) atoms. The van der Waals surface area contributed by atoms with Gasteiger partial charge in [0.2, 0.25) is 0 Å². The van der Waals surface area contributed by atoms with Gasteiger partial charge in [-0.3, -0.25) is 4.98 Å². The third-order valence-electron chi connectivity index (χ3n) is 3.87. The van der Waals surface area contributed by atoms with Crippen molar-refractivity contribution in [1.82, 2.24) is 19.7 Å². The van der Waals surface area contributed by atoms with E-state index in [9.17, 15) is 4.39 Å². The molecular weight excluding hydrogens is 321 g/mol. The summed E-state index contributed by atoms with van der Waals surface area (Å²) in [5, 5.41) is 7.65. The molecule has 0 spiro atoms. The van der Waals surface area contributed by atoms with E-state index < -0.39 is 0 Å². The predicted octanol–water partition coefficient (Wildman–Crippen LogP) is 3.60. The number of ether oxygens (including phenoxy) is 1. The first-order valence-corrected chi connectivity index (χ1v) is 7.93. The summed E-state index contributed by atoms with van der Waals surface area (Å²) in [6.45, 7) is 5.80. The molecule has 0 amide bonds. The zero-order chi connectivity index (χ0) is 18.0. The summed E-state index contributed by atoms with van der Waals surface area (Å²) in [5.74, 6) is 1.49. The lowest BCUT2D eigenvalue weighted by molar-refractivity contribution is 0.406. The van der Waals surface area contributed by atoms with Crippen molar-refractivity contribution in [2.75, 3.05) is 12.4 Å². The molecule has 0 aliphatic rings. The summed E-state index contributed by atoms with van der Waals surface area (Å²) in [6, 6.07) is 6.20. The lowest BCUT2D eigenvalue weighted by Crippen LogP contribution is -2.11. The minimum absolute atomic E-state index is 0.212. The SMILES string of the molecule is COc1ccc(F)cc1C(C)Nc1cncc(-n2nc(C)cc2C)n1. The normalized spacial score (nSPS) is 12.0. The first-order valence-electron chi connectivity index (χ1n) is 7.93. The van der Waals surface area contributed by atoms with Gasteiger partial charge in [-0.25, -0.2) is 14.1 Å². The standard InChI is InChI=1S/C18H20FN5O/c1-11-7-12(2)24(23-11)18-10-20-9-17(22-18)21-13(3)15-8-14(19)5-6-16(15)25-4/h5-10,13H,1-4H3,(H,21,22). The summed E-state index contributed by atoms with van der Waals surface area (Å²) in [7, 11) is 1.56. The van der Waals surface area contributed by atoms with E-state index in [1.807, 2.05) is 26.8 Å². The van der Waals surface area contributed by atoms with Crippen LogP contribution in [0.1, 0.15) is 29.9 Å². The number of hydrogen-bond acceptors (Lipinski definition) is 5. The summed E-state index contributed by atoms with van der Waals surface area (Å²) in [6.07, 6.45) is 3.27. The van der Waals surface area contributed by atoms with Crippen LogP contribution in [0.2, 0.25) is 0 Å². The first kappa shape index (κ1) is 16.9. The van der Waals surface area contributed by atoms with Gasteiger partial charge in [-0.05, 0) is 45.0 Å². The number of nitrogens with zero attached hydrogens (tertiary/aromatic N) is 4. The van der Waals surface area contributed by atoms with E-state index in [1.54, 1.807) is 30.3 Å². The van der Waals surface area contributed by atoms with Crippen molar-refractivity contribution in [3.63, 3.8) is 0 Å². The molecule has 3 aromatic rings. The molecule has 0 saturated carbocycles. The molecule has 0 fully saturated rings. The fourth-order valence-electron chi connectivity index (χ4n) is 2.73. The Morgan fingerprint density at radius 2 is 2.00 bits per heavy atom. The van der Waals surface area contributed by atoms with E-state index in [-0.39, 0.29) is 11.9 Å². The molecule has 2 heterocycles. The summed E-state index contributed by atoms with van der Waals surface area (Å²) in [5.41, 5.74) is 2.60. The van der Waals surface area contributed by atoms with Crippen molar-refractivity contribution < 1.29 is 9.13 Å². The van der Waals surface area contributed by atoms with Gasteiger partial charge in [0.25, 0.3) is 0 Å². The van der Waals surface area contributed by atoms with Crippen LogP contribution in [0.4, 0.5) is 10.2 Å². The molecule has 6 nitrogen and oxygen atoms in total. The Hall–Kier alpha value is -2.96. The highest BCUT2D eigenvalue weighted by atomic mass is 19.1. The number of halogens is 1. The van der Waals surface area contributed by atoms with E-state index >= 15 is 0 Å². The Bertz CT molecular complexity index is 893. The van der Waals surface area contributed by atoms with Gasteiger partial charge in [0.05, 0.1) is 31.2 Å². The second-order valence-corrected chi connectivity index (χ2v) is 5.85. The molecule has 1 atom stereocenters. The van der Waals surface area contributed by atoms with Gasteiger partial charge in [0.1, 0.15) is 17.4 Å². The number of aromatic nitrogens is 4. The maximum Gasteiger partial charge on any atom is 0.174 e. The molecule has 0 saturated heterocycles. The van der Waals surface area contributed by atoms with Gasteiger partial charge in [0, 0.05) is 11.3 Å². The van der Waals surface area contributed by atoms with Crippen molar-refractivity contribution in [1.29, 1.82) is 0 Å². The van der Waals surface area contributed by atoms with Crippen LogP contribution in [-0.4, -0.2) is 26.9 Å². The maximum atomic E-state index is 13.6. The van der Waals surface area contributed by atoms with Gasteiger partial charge >= 0.3 is 0 Å². The lowest BCUT2D eigenvalue weighted by Gasteiger charge is -2.18. The molecule has 130 valence electrons. The summed E-state index contributed by atoms with van der Waals surface area (Å²) < 4.78 is 20.6. The predicted molar refractivity (Wildman–Crippen MR) is 93.6 cm³/mol. The van der Waals surface area contributed by atoms with Crippen LogP contribution in [-0.2, 0) is 0 Å². The molecule has 2 aromatic heterocycles. The number of benzene rings is 1. The number of anilines is 1. The second kappa shape index (κ2) is 6.88. The Kier molecular flexibility index (Phi) is 4.65. The largest absolute Gasteiger partial charge is 0.496 e. The van der Waals surface area contributed by atoms with Gasteiger partial charge in [0.15, 0.2) is 5.82 Å². The lowest BCUT2D eigenvalue weighted by atomic mass is 10.1. The van der Waals surface area contributed by atoms with Gasteiger partial charge in [-0.15, -0.1) is 0 Å². The van der Waals surface area contributed by atoms with Gasteiger partial charge < -0.3 is 10.1 Å². The second-order valence-electron chi connectivity index (χ2n) is 5.85.